The fourth-order valence-electron chi connectivity index (χ4n) is 1.26. The first-order chi connectivity index (χ1) is 7.74. The van der Waals surface area contributed by atoms with Crippen LogP contribution in [0.1, 0.15) is 5.69 Å². The third kappa shape index (κ3) is 2.87. The summed E-state index contributed by atoms with van der Waals surface area (Å²) in [7, 11) is 0. The van der Waals surface area contributed by atoms with Gasteiger partial charge in [0.2, 0.25) is 5.91 Å². The predicted molar refractivity (Wildman–Crippen MR) is 60.8 cm³/mol. The number of carbonyl (C=O) groups excluding carboxylic acids is 1. The SMILES string of the molecule is O=C(Cc1cscn1)Nc1cccc(F)c1. The topological polar surface area (TPSA) is 42.0 Å². The molecule has 5 heteroatoms. The third-order valence-electron chi connectivity index (χ3n) is 1.93. The van der Waals surface area contributed by atoms with Crippen LogP contribution in [0, 0.1) is 5.82 Å². The van der Waals surface area contributed by atoms with E-state index >= 15 is 0 Å². The van der Waals surface area contributed by atoms with Crippen molar-refractivity contribution in [1.82, 2.24) is 4.98 Å². The zero-order valence-corrected chi connectivity index (χ0v) is 9.13. The molecule has 2 aromatic rings. The molecule has 0 fully saturated rings. The summed E-state index contributed by atoms with van der Waals surface area (Å²) >= 11 is 1.44. The average molecular weight is 236 g/mol. The van der Waals surface area contributed by atoms with E-state index in [1.54, 1.807) is 17.6 Å². The fourth-order valence-corrected chi connectivity index (χ4v) is 1.82. The van der Waals surface area contributed by atoms with Crippen molar-refractivity contribution in [3.05, 3.63) is 46.7 Å². The smallest absolute Gasteiger partial charge is 0.230 e. The van der Waals surface area contributed by atoms with E-state index < -0.39 is 0 Å². The molecule has 3 nitrogen and oxygen atoms in total. The van der Waals surface area contributed by atoms with Crippen LogP contribution in [0.5, 0.6) is 0 Å². The van der Waals surface area contributed by atoms with E-state index in [1.807, 2.05) is 5.38 Å². The minimum atomic E-state index is -0.369. The maximum Gasteiger partial charge on any atom is 0.230 e. The Morgan fingerprint density at radius 3 is 3.06 bits per heavy atom. The molecule has 0 aliphatic heterocycles. The number of hydrogen-bond donors (Lipinski definition) is 1. The van der Waals surface area contributed by atoms with Crippen molar-refractivity contribution in [2.45, 2.75) is 6.42 Å². The molecule has 2 rings (SSSR count). The summed E-state index contributed by atoms with van der Waals surface area (Å²) in [5.74, 6) is -0.567. The highest BCUT2D eigenvalue weighted by atomic mass is 32.1. The molecule has 1 heterocycles. The second-order valence-corrected chi connectivity index (χ2v) is 3.93. The van der Waals surface area contributed by atoms with Crippen LogP contribution < -0.4 is 5.32 Å². The number of thiazole rings is 1. The fraction of sp³-hybridized carbons (Fsp3) is 0.0909. The molecule has 1 N–H and O–H groups in total. The van der Waals surface area contributed by atoms with Gasteiger partial charge in [0.1, 0.15) is 5.82 Å². The molecular weight excluding hydrogens is 227 g/mol. The first-order valence-corrected chi connectivity index (χ1v) is 5.61. The molecule has 0 radical (unpaired) electrons. The maximum absolute atomic E-state index is 12.8. The van der Waals surface area contributed by atoms with Crippen molar-refractivity contribution in [3.8, 4) is 0 Å². The van der Waals surface area contributed by atoms with Crippen LogP contribution >= 0.6 is 11.3 Å². The molecule has 1 amide bonds. The van der Waals surface area contributed by atoms with Gasteiger partial charge < -0.3 is 5.32 Å². The van der Waals surface area contributed by atoms with Gasteiger partial charge in [-0.1, -0.05) is 6.07 Å². The average Bonchev–Trinajstić information content (AvgIpc) is 2.70. The highest BCUT2D eigenvalue weighted by Gasteiger charge is 2.05. The van der Waals surface area contributed by atoms with Crippen molar-refractivity contribution >= 4 is 22.9 Å². The highest BCUT2D eigenvalue weighted by Crippen LogP contribution is 2.10. The Morgan fingerprint density at radius 1 is 1.50 bits per heavy atom. The van der Waals surface area contributed by atoms with Gasteiger partial charge in [0.15, 0.2) is 0 Å². The number of halogens is 1. The first-order valence-electron chi connectivity index (χ1n) is 4.66. The van der Waals surface area contributed by atoms with E-state index in [1.165, 1.54) is 23.5 Å². The van der Waals surface area contributed by atoms with E-state index in [0.717, 1.165) is 5.69 Å². The van der Waals surface area contributed by atoms with E-state index in [0.29, 0.717) is 5.69 Å². The van der Waals surface area contributed by atoms with Gasteiger partial charge in [-0.3, -0.25) is 4.79 Å². The van der Waals surface area contributed by atoms with Crippen LogP contribution in [0.25, 0.3) is 0 Å². The Kier molecular flexibility index (Phi) is 3.26. The number of nitrogens with one attached hydrogen (secondary N) is 1. The molecule has 1 aromatic heterocycles. The van der Waals surface area contributed by atoms with Crippen LogP contribution in [-0.2, 0) is 11.2 Å². The number of anilines is 1. The minimum Gasteiger partial charge on any atom is -0.326 e. The van der Waals surface area contributed by atoms with Crippen LogP contribution in [0.4, 0.5) is 10.1 Å². The molecule has 0 saturated heterocycles. The first kappa shape index (κ1) is 10.8. The largest absolute Gasteiger partial charge is 0.326 e. The number of rotatable bonds is 3. The summed E-state index contributed by atoms with van der Waals surface area (Å²) < 4.78 is 12.8. The van der Waals surface area contributed by atoms with Crippen molar-refractivity contribution in [2.24, 2.45) is 0 Å². The number of amides is 1. The summed E-state index contributed by atoms with van der Waals surface area (Å²) in [5, 5.41) is 4.42. The third-order valence-corrected chi connectivity index (χ3v) is 2.57. The Labute approximate surface area is 96.0 Å². The van der Waals surface area contributed by atoms with Crippen molar-refractivity contribution in [2.75, 3.05) is 5.32 Å². The highest BCUT2D eigenvalue weighted by molar-refractivity contribution is 7.07. The van der Waals surface area contributed by atoms with E-state index in [4.69, 9.17) is 0 Å². The second-order valence-electron chi connectivity index (χ2n) is 3.22. The molecule has 0 saturated carbocycles. The summed E-state index contributed by atoms with van der Waals surface area (Å²) in [6, 6.07) is 5.80. The number of hydrogen-bond acceptors (Lipinski definition) is 3. The predicted octanol–water partition coefficient (Wildman–Crippen LogP) is 2.46. The number of nitrogens with zero attached hydrogens (tertiary/aromatic N) is 1. The lowest BCUT2D eigenvalue weighted by molar-refractivity contribution is -0.115. The van der Waals surface area contributed by atoms with Gasteiger partial charge in [0, 0.05) is 11.1 Å². The van der Waals surface area contributed by atoms with Crippen molar-refractivity contribution in [1.29, 1.82) is 0 Å². The van der Waals surface area contributed by atoms with Gasteiger partial charge in [-0.15, -0.1) is 11.3 Å². The Balaban J connectivity index is 1.97. The molecule has 0 unspecified atom stereocenters. The molecule has 82 valence electrons. The quantitative estimate of drug-likeness (QED) is 0.889. The Bertz CT molecular complexity index is 484. The monoisotopic (exact) mass is 236 g/mol. The van der Waals surface area contributed by atoms with Gasteiger partial charge in [-0.05, 0) is 18.2 Å². The molecule has 0 aliphatic rings. The summed E-state index contributed by atoms with van der Waals surface area (Å²) in [6.07, 6.45) is 0.208. The lowest BCUT2D eigenvalue weighted by Gasteiger charge is -2.03. The zero-order valence-electron chi connectivity index (χ0n) is 8.31. The van der Waals surface area contributed by atoms with Gasteiger partial charge >= 0.3 is 0 Å². The van der Waals surface area contributed by atoms with Crippen LogP contribution in [0.3, 0.4) is 0 Å². The molecule has 1 aromatic carbocycles. The molecule has 0 aliphatic carbocycles. The maximum atomic E-state index is 12.8. The van der Waals surface area contributed by atoms with E-state index in [-0.39, 0.29) is 18.1 Å². The lowest BCUT2D eigenvalue weighted by Crippen LogP contribution is -2.14. The molecule has 0 bridgehead atoms. The lowest BCUT2D eigenvalue weighted by atomic mass is 10.3. The number of benzene rings is 1. The standard InChI is InChI=1S/C11H9FN2OS/c12-8-2-1-3-9(4-8)14-11(15)5-10-6-16-7-13-10/h1-4,6-7H,5H2,(H,14,15). The van der Waals surface area contributed by atoms with Gasteiger partial charge in [-0.2, -0.15) is 0 Å². The molecule has 0 atom stereocenters. The zero-order chi connectivity index (χ0) is 11.4. The summed E-state index contributed by atoms with van der Waals surface area (Å²) in [5.41, 5.74) is 2.85. The molecular formula is C11H9FN2OS. The van der Waals surface area contributed by atoms with Gasteiger partial charge in [-0.25, -0.2) is 9.37 Å². The summed E-state index contributed by atoms with van der Waals surface area (Å²) in [6.45, 7) is 0. The number of carbonyl (C=O) groups is 1. The minimum absolute atomic E-state index is 0.198. The van der Waals surface area contributed by atoms with Crippen LogP contribution in [0.15, 0.2) is 35.2 Å². The van der Waals surface area contributed by atoms with E-state index in [9.17, 15) is 9.18 Å². The number of aromatic nitrogens is 1. The van der Waals surface area contributed by atoms with Crippen molar-refractivity contribution < 1.29 is 9.18 Å². The Hall–Kier alpha value is -1.75. The molecule has 0 spiro atoms. The second kappa shape index (κ2) is 4.85. The van der Waals surface area contributed by atoms with Gasteiger partial charge in [0.05, 0.1) is 17.6 Å². The molecule has 16 heavy (non-hydrogen) atoms. The Morgan fingerprint density at radius 2 is 2.38 bits per heavy atom. The van der Waals surface area contributed by atoms with E-state index in [2.05, 4.69) is 10.3 Å². The van der Waals surface area contributed by atoms with Gasteiger partial charge in [0.25, 0.3) is 0 Å². The normalized spacial score (nSPS) is 10.1. The van der Waals surface area contributed by atoms with Crippen LogP contribution in [0.2, 0.25) is 0 Å². The summed E-state index contributed by atoms with van der Waals surface area (Å²) in [4.78, 5) is 15.5. The van der Waals surface area contributed by atoms with Crippen LogP contribution in [-0.4, -0.2) is 10.9 Å². The van der Waals surface area contributed by atoms with Crippen molar-refractivity contribution in [3.63, 3.8) is 0 Å².